The van der Waals surface area contributed by atoms with E-state index in [2.05, 4.69) is 48.3 Å². The van der Waals surface area contributed by atoms with Crippen molar-refractivity contribution in [3.8, 4) is 17.0 Å². The Bertz CT molecular complexity index is 1610. The van der Waals surface area contributed by atoms with Gasteiger partial charge >= 0.3 is 0 Å². The van der Waals surface area contributed by atoms with E-state index >= 15 is 0 Å². The molecular weight excluding hydrogens is 468 g/mol. The molecule has 5 aromatic heterocycles. The Hall–Kier alpha value is -4.31. The number of carbonyl (C=O) groups excluding carboxylic acids is 1. The van der Waals surface area contributed by atoms with E-state index in [-0.39, 0.29) is 5.78 Å². The third-order valence-corrected chi connectivity index (χ3v) is 7.63. The van der Waals surface area contributed by atoms with Crippen LogP contribution in [0.1, 0.15) is 29.3 Å². The molecule has 3 aliphatic rings. The van der Waals surface area contributed by atoms with Crippen LogP contribution in [0, 0.1) is 0 Å². The number of carbonyl (C=O) groups is 1. The zero-order chi connectivity index (χ0) is 25.1. The first-order valence-electron chi connectivity index (χ1n) is 12.4. The predicted octanol–water partition coefficient (Wildman–Crippen LogP) is 3.34. The Morgan fingerprint density at radius 2 is 1.97 bits per heavy atom. The number of nitrogens with zero attached hydrogens (tertiary/aromatic N) is 7. The largest absolute Gasteiger partial charge is 0.481 e. The van der Waals surface area contributed by atoms with Crippen LogP contribution in [-0.2, 0) is 6.54 Å². The second kappa shape index (κ2) is 8.38. The van der Waals surface area contributed by atoms with E-state index in [0.29, 0.717) is 29.2 Å². The van der Waals surface area contributed by atoms with Gasteiger partial charge < -0.3 is 9.64 Å². The molecule has 37 heavy (non-hydrogen) atoms. The van der Waals surface area contributed by atoms with Crippen LogP contribution in [0.15, 0.2) is 55.1 Å². The van der Waals surface area contributed by atoms with E-state index in [1.807, 2.05) is 24.5 Å². The summed E-state index contributed by atoms with van der Waals surface area (Å²) in [4.78, 5) is 26.3. The van der Waals surface area contributed by atoms with Gasteiger partial charge in [-0.15, -0.1) is 5.10 Å². The van der Waals surface area contributed by atoms with Crippen LogP contribution in [0.3, 0.4) is 0 Å². The van der Waals surface area contributed by atoms with Crippen LogP contribution in [0.5, 0.6) is 5.88 Å². The van der Waals surface area contributed by atoms with Gasteiger partial charge in [0, 0.05) is 73.1 Å². The zero-order valence-corrected chi connectivity index (χ0v) is 20.6. The van der Waals surface area contributed by atoms with E-state index in [0.717, 1.165) is 47.5 Å². The summed E-state index contributed by atoms with van der Waals surface area (Å²) < 4.78 is 6.93. The number of H-pyrrole nitrogens is 1. The van der Waals surface area contributed by atoms with Crippen molar-refractivity contribution in [3.63, 3.8) is 0 Å². The first-order chi connectivity index (χ1) is 18.1. The summed E-state index contributed by atoms with van der Waals surface area (Å²) in [6.45, 7) is 4.38. The molecule has 0 radical (unpaired) electrons. The van der Waals surface area contributed by atoms with Crippen molar-refractivity contribution in [1.82, 2.24) is 34.7 Å². The maximum absolute atomic E-state index is 12.2. The highest BCUT2D eigenvalue weighted by Gasteiger charge is 2.44. The average Bonchev–Trinajstić information content (AvgIpc) is 3.53. The summed E-state index contributed by atoms with van der Waals surface area (Å²) in [7, 11) is 1.64. The highest BCUT2D eigenvalue weighted by molar-refractivity contribution is 6.03. The number of fused-ring (bicyclic) bond motifs is 5. The number of rotatable bonds is 6. The smallest absolute Gasteiger partial charge is 0.212 e. The number of methoxy groups -OCH3 is 1. The minimum Gasteiger partial charge on any atom is -0.481 e. The number of hydrogen-bond donors (Lipinski definition) is 1. The molecule has 1 N–H and O–H groups in total. The van der Waals surface area contributed by atoms with Crippen molar-refractivity contribution in [2.45, 2.75) is 32.0 Å². The molecule has 3 fully saturated rings. The number of Topliss-reactive ketones (excluding diaryl/α,β-unsaturated/α-hetero) is 1. The number of piperazine rings is 1. The van der Waals surface area contributed by atoms with Crippen molar-refractivity contribution >= 4 is 28.2 Å². The SMILES string of the molecule is COc1ccc(CN2C3CC2CN(c2ccc(-c4cc(C(C)=O)cn5nc6[nH]ncc6c45)cn2)C3)cn1. The quantitative estimate of drug-likeness (QED) is 0.359. The van der Waals surface area contributed by atoms with E-state index in [9.17, 15) is 4.79 Å². The molecule has 5 aromatic rings. The first-order valence-corrected chi connectivity index (χ1v) is 12.4. The summed E-state index contributed by atoms with van der Waals surface area (Å²) in [5.74, 6) is 1.61. The van der Waals surface area contributed by atoms with E-state index in [4.69, 9.17) is 9.72 Å². The van der Waals surface area contributed by atoms with E-state index < -0.39 is 0 Å². The summed E-state index contributed by atoms with van der Waals surface area (Å²) in [6, 6.07) is 11.1. The molecule has 8 rings (SSSR count). The second-order valence-electron chi connectivity index (χ2n) is 9.86. The van der Waals surface area contributed by atoms with Gasteiger partial charge in [-0.1, -0.05) is 6.07 Å². The van der Waals surface area contributed by atoms with Crippen molar-refractivity contribution in [2.24, 2.45) is 0 Å². The highest BCUT2D eigenvalue weighted by Crippen LogP contribution is 2.36. The number of hydrogen-bond acceptors (Lipinski definition) is 8. The van der Waals surface area contributed by atoms with E-state index in [1.54, 1.807) is 30.9 Å². The fourth-order valence-corrected chi connectivity index (χ4v) is 5.68. The number of ether oxygens (including phenoxy) is 1. The number of nitrogens with one attached hydrogen (secondary N) is 1. The van der Waals surface area contributed by atoms with Crippen molar-refractivity contribution in [1.29, 1.82) is 0 Å². The molecular formula is C27H26N8O2. The number of ketones is 1. The summed E-state index contributed by atoms with van der Waals surface area (Å²) in [5, 5.41) is 12.5. The lowest BCUT2D eigenvalue weighted by molar-refractivity contribution is -0.00876. The lowest BCUT2D eigenvalue weighted by atomic mass is 9.87. The molecule has 8 heterocycles. The van der Waals surface area contributed by atoms with Crippen LogP contribution in [0.25, 0.3) is 27.7 Å². The molecule has 2 bridgehead atoms. The lowest BCUT2D eigenvalue weighted by Crippen LogP contribution is -2.68. The van der Waals surface area contributed by atoms with Gasteiger partial charge in [0.25, 0.3) is 0 Å². The number of pyridine rings is 3. The molecule has 0 saturated carbocycles. The van der Waals surface area contributed by atoms with Crippen LogP contribution >= 0.6 is 0 Å². The topological polar surface area (TPSA) is 105 Å². The molecule has 0 aliphatic carbocycles. The summed E-state index contributed by atoms with van der Waals surface area (Å²) in [5.41, 5.74) is 5.26. The Balaban J connectivity index is 1.12. The fraction of sp³-hybridized carbons (Fsp3) is 0.296. The van der Waals surface area contributed by atoms with Crippen molar-refractivity contribution < 1.29 is 9.53 Å². The lowest BCUT2D eigenvalue weighted by Gasteiger charge is -2.56. The Kier molecular flexibility index (Phi) is 4.97. The Morgan fingerprint density at radius 1 is 1.11 bits per heavy atom. The minimum absolute atomic E-state index is 0.00691. The van der Waals surface area contributed by atoms with Gasteiger partial charge in [-0.25, -0.2) is 14.5 Å². The monoisotopic (exact) mass is 494 g/mol. The van der Waals surface area contributed by atoms with Gasteiger partial charge in [0.15, 0.2) is 11.4 Å². The molecule has 0 aromatic carbocycles. The van der Waals surface area contributed by atoms with Crippen molar-refractivity contribution in [2.75, 3.05) is 25.1 Å². The molecule has 186 valence electrons. The maximum Gasteiger partial charge on any atom is 0.212 e. The second-order valence-corrected chi connectivity index (χ2v) is 9.86. The fourth-order valence-electron chi connectivity index (χ4n) is 5.68. The Morgan fingerprint density at radius 3 is 2.68 bits per heavy atom. The molecule has 3 aliphatic heterocycles. The van der Waals surface area contributed by atoms with Crippen LogP contribution in [-0.4, -0.2) is 72.7 Å². The van der Waals surface area contributed by atoms with Crippen LogP contribution < -0.4 is 9.64 Å². The van der Waals surface area contributed by atoms with Gasteiger partial charge in [-0.2, -0.15) is 5.10 Å². The third-order valence-electron chi connectivity index (χ3n) is 7.63. The number of aromatic amines is 1. The molecule has 10 nitrogen and oxygen atoms in total. The maximum atomic E-state index is 12.2. The summed E-state index contributed by atoms with van der Waals surface area (Å²) >= 11 is 0. The number of piperidine rings is 1. The highest BCUT2D eigenvalue weighted by atomic mass is 16.5. The predicted molar refractivity (Wildman–Crippen MR) is 139 cm³/mol. The van der Waals surface area contributed by atoms with Gasteiger partial charge in [0.2, 0.25) is 5.88 Å². The molecule has 10 heteroatoms. The molecule has 3 saturated heterocycles. The van der Waals surface area contributed by atoms with Gasteiger partial charge in [0.1, 0.15) is 5.82 Å². The molecule has 2 atom stereocenters. The van der Waals surface area contributed by atoms with Gasteiger partial charge in [-0.3, -0.25) is 14.8 Å². The van der Waals surface area contributed by atoms with Crippen molar-refractivity contribution in [3.05, 3.63) is 66.2 Å². The normalized spacial score (nSPS) is 19.4. The Labute approximate surface area is 212 Å². The molecule has 0 spiro atoms. The molecule has 0 amide bonds. The standard InChI is InChI=1S/C27H26N8O2/c1-16(36)19-7-22(26-23-11-30-31-27(23)32-35(26)13-19)18-4-5-24(28-10-18)33-14-20-8-21(15-33)34(20)12-17-3-6-25(37-2)29-9-17/h3-7,9-11,13,20-21H,8,12,14-15H2,1-2H3,(H,31,32). The van der Waals surface area contributed by atoms with Gasteiger partial charge in [-0.05, 0) is 37.1 Å². The number of anilines is 1. The van der Waals surface area contributed by atoms with Gasteiger partial charge in [0.05, 0.1) is 24.2 Å². The minimum atomic E-state index is -0.00691. The molecule has 2 unspecified atom stereocenters. The van der Waals surface area contributed by atoms with E-state index in [1.165, 1.54) is 12.0 Å². The van der Waals surface area contributed by atoms with Crippen LogP contribution in [0.4, 0.5) is 5.82 Å². The summed E-state index contributed by atoms with van der Waals surface area (Å²) in [6.07, 6.45) is 8.56. The third kappa shape index (κ3) is 3.63. The first kappa shape index (κ1) is 21.9. The number of aromatic nitrogens is 6. The zero-order valence-electron chi connectivity index (χ0n) is 20.6. The average molecular weight is 495 g/mol. The van der Waals surface area contributed by atoms with Crippen LogP contribution in [0.2, 0.25) is 0 Å².